The molecular weight excluding hydrogens is 514 g/mol. The molecule has 1 aromatic heterocycles. The van der Waals surface area contributed by atoms with Crippen molar-refractivity contribution < 1.29 is 14.1 Å². The first kappa shape index (κ1) is 25.0. The van der Waals surface area contributed by atoms with Gasteiger partial charge < -0.3 is 4.74 Å². The summed E-state index contributed by atoms with van der Waals surface area (Å²) in [5.74, 6) is 0.488. The highest BCUT2D eigenvalue weighted by atomic mass is 35.5. The molecule has 0 bridgehead atoms. The Kier molecular flexibility index (Phi) is 7.90. The summed E-state index contributed by atoms with van der Waals surface area (Å²) in [7, 11) is 0. The van der Waals surface area contributed by atoms with E-state index in [1.807, 2.05) is 41.8 Å². The van der Waals surface area contributed by atoms with Crippen LogP contribution in [-0.4, -0.2) is 26.2 Å². The van der Waals surface area contributed by atoms with Crippen molar-refractivity contribution in [3.63, 3.8) is 0 Å². The van der Waals surface area contributed by atoms with E-state index in [0.717, 1.165) is 5.69 Å². The van der Waals surface area contributed by atoms with Gasteiger partial charge in [0, 0.05) is 10.6 Å². The van der Waals surface area contributed by atoms with Gasteiger partial charge in [0.25, 0.3) is 0 Å². The number of ether oxygens (including phenoxy) is 1. The molecule has 0 fully saturated rings. The number of thioether (sulfide) groups is 1. The zero-order valence-electron chi connectivity index (χ0n) is 18.4. The number of nitrogens with zero attached hydrogens (tertiary/aromatic N) is 4. The van der Waals surface area contributed by atoms with Crippen LogP contribution in [0.3, 0.4) is 0 Å². The molecule has 4 rings (SSSR count). The van der Waals surface area contributed by atoms with E-state index in [0.29, 0.717) is 22.1 Å². The van der Waals surface area contributed by atoms with Crippen molar-refractivity contribution in [1.29, 1.82) is 0 Å². The van der Waals surface area contributed by atoms with Crippen molar-refractivity contribution in [2.45, 2.75) is 23.9 Å². The van der Waals surface area contributed by atoms with E-state index >= 15 is 0 Å². The molecule has 0 radical (unpaired) electrons. The lowest BCUT2D eigenvalue weighted by Crippen LogP contribution is -2.11. The molecule has 0 saturated carbocycles. The Labute approximate surface area is 215 Å². The minimum atomic E-state index is -0.650. The van der Waals surface area contributed by atoms with Gasteiger partial charge in [-0.2, -0.15) is 0 Å². The Hall–Kier alpha value is -3.14. The Balaban J connectivity index is 1.61. The second kappa shape index (κ2) is 11.1. The van der Waals surface area contributed by atoms with Gasteiger partial charge in [0.1, 0.15) is 23.5 Å². The molecule has 0 amide bonds. The molecule has 3 aromatic carbocycles. The van der Waals surface area contributed by atoms with Gasteiger partial charge in [-0.3, -0.25) is 14.7 Å². The van der Waals surface area contributed by atoms with E-state index in [2.05, 4.69) is 10.2 Å². The molecule has 0 aliphatic carbocycles. The number of aryl methyl sites for hydroxylation is 1. The van der Waals surface area contributed by atoms with Crippen LogP contribution >= 0.6 is 35.0 Å². The van der Waals surface area contributed by atoms with Crippen LogP contribution in [0.15, 0.2) is 71.9 Å². The number of para-hydroxylation sites is 1. The molecule has 7 nitrogen and oxygen atoms in total. The molecule has 0 unspecified atom stereocenters. The monoisotopic (exact) mass is 532 g/mol. The lowest BCUT2D eigenvalue weighted by Gasteiger charge is -2.17. The first-order chi connectivity index (χ1) is 16.8. The molecule has 11 heteroatoms. The third kappa shape index (κ3) is 6.11. The maximum Gasteiger partial charge on any atom is 0.220 e. The van der Waals surface area contributed by atoms with E-state index in [4.69, 9.17) is 27.9 Å². The first-order valence-electron chi connectivity index (χ1n) is 10.4. The number of hydrogen-bond acceptors (Lipinski definition) is 6. The Bertz CT molecular complexity index is 1330. The molecule has 0 spiro atoms. The largest absolute Gasteiger partial charge is 0.486 e. The molecule has 0 aliphatic heterocycles. The van der Waals surface area contributed by atoms with E-state index in [-0.39, 0.29) is 34.8 Å². The summed E-state index contributed by atoms with van der Waals surface area (Å²) in [5.41, 5.74) is 1.99. The third-order valence-electron chi connectivity index (χ3n) is 5.04. The number of rotatable bonds is 9. The summed E-state index contributed by atoms with van der Waals surface area (Å²) in [4.78, 5) is 11.1. The van der Waals surface area contributed by atoms with Gasteiger partial charge >= 0.3 is 0 Å². The Morgan fingerprint density at radius 2 is 1.80 bits per heavy atom. The standard InChI is InChI=1S/C24H19Cl2FN4O3S/c1-15-28-29-24(31(15)19-8-3-2-4-9-19)35-22(13-30(32)33)17-11-20(25)23(21(26)12-17)34-14-16-6-5-7-18(27)10-16/h2-12,22H,13-14H2,1H3/t22-/m0/s1. The number of nitro groups is 1. The van der Waals surface area contributed by atoms with Crippen molar-refractivity contribution in [3.05, 3.63) is 110 Å². The summed E-state index contributed by atoms with van der Waals surface area (Å²) in [6, 6.07) is 18.6. The van der Waals surface area contributed by atoms with Crippen LogP contribution in [0.25, 0.3) is 5.69 Å². The molecule has 1 heterocycles. The Morgan fingerprint density at radius 1 is 1.09 bits per heavy atom. The smallest absolute Gasteiger partial charge is 0.220 e. The van der Waals surface area contributed by atoms with Crippen LogP contribution in [0.5, 0.6) is 5.75 Å². The van der Waals surface area contributed by atoms with Gasteiger partial charge in [-0.15, -0.1) is 10.2 Å². The number of hydrogen-bond donors (Lipinski definition) is 0. The molecule has 0 saturated heterocycles. The van der Waals surface area contributed by atoms with Gasteiger partial charge in [0.05, 0.1) is 10.0 Å². The minimum Gasteiger partial charge on any atom is -0.486 e. The minimum absolute atomic E-state index is 0.0586. The maximum atomic E-state index is 13.4. The second-order valence-electron chi connectivity index (χ2n) is 7.55. The third-order valence-corrected chi connectivity index (χ3v) is 6.78. The highest BCUT2D eigenvalue weighted by Gasteiger charge is 2.26. The first-order valence-corrected chi connectivity index (χ1v) is 12.1. The van der Waals surface area contributed by atoms with Crippen LogP contribution in [0, 0.1) is 22.9 Å². The molecule has 180 valence electrons. The molecule has 0 N–H and O–H groups in total. The van der Waals surface area contributed by atoms with Crippen LogP contribution in [-0.2, 0) is 6.61 Å². The molecule has 0 aliphatic rings. The van der Waals surface area contributed by atoms with Crippen LogP contribution in [0.4, 0.5) is 4.39 Å². The number of aromatic nitrogens is 3. The van der Waals surface area contributed by atoms with Crippen molar-refractivity contribution in [1.82, 2.24) is 14.8 Å². The van der Waals surface area contributed by atoms with Gasteiger partial charge in [-0.1, -0.05) is 65.3 Å². The predicted molar refractivity (Wildman–Crippen MR) is 134 cm³/mol. The van der Waals surface area contributed by atoms with Crippen molar-refractivity contribution >= 4 is 35.0 Å². The van der Waals surface area contributed by atoms with Crippen LogP contribution < -0.4 is 4.74 Å². The van der Waals surface area contributed by atoms with Crippen LogP contribution in [0.2, 0.25) is 10.0 Å². The lowest BCUT2D eigenvalue weighted by atomic mass is 10.1. The second-order valence-corrected chi connectivity index (χ2v) is 9.54. The van der Waals surface area contributed by atoms with Crippen molar-refractivity contribution in [2.24, 2.45) is 0 Å². The topological polar surface area (TPSA) is 83.1 Å². The number of halogens is 3. The SMILES string of the molecule is Cc1nnc(S[C@@H](C[N+](=O)[O-])c2cc(Cl)c(OCc3cccc(F)c3)c(Cl)c2)n1-c1ccccc1. The summed E-state index contributed by atoms with van der Waals surface area (Å²) >= 11 is 14.1. The lowest BCUT2D eigenvalue weighted by molar-refractivity contribution is -0.479. The van der Waals surface area contributed by atoms with Gasteiger partial charge in [0.2, 0.25) is 6.54 Å². The summed E-state index contributed by atoms with van der Waals surface area (Å²) in [6.45, 7) is 1.48. The van der Waals surface area contributed by atoms with E-state index in [1.54, 1.807) is 24.3 Å². The fourth-order valence-electron chi connectivity index (χ4n) is 3.45. The fourth-order valence-corrected chi connectivity index (χ4v) is 5.22. The van der Waals surface area contributed by atoms with E-state index in [1.165, 1.54) is 23.9 Å². The normalized spacial score (nSPS) is 11.9. The van der Waals surface area contributed by atoms with Crippen molar-refractivity contribution in [2.75, 3.05) is 6.54 Å². The average Bonchev–Trinajstić information content (AvgIpc) is 3.18. The summed E-state index contributed by atoms with van der Waals surface area (Å²) < 4.78 is 21.0. The van der Waals surface area contributed by atoms with Gasteiger partial charge in [0.15, 0.2) is 10.9 Å². The molecular formula is C24H19Cl2FN4O3S. The zero-order chi connectivity index (χ0) is 24.9. The van der Waals surface area contributed by atoms with Crippen LogP contribution in [0.1, 0.15) is 22.2 Å². The van der Waals surface area contributed by atoms with Gasteiger partial charge in [-0.05, 0) is 54.4 Å². The quantitative estimate of drug-likeness (QED) is 0.135. The zero-order valence-corrected chi connectivity index (χ0v) is 20.7. The van der Waals surface area contributed by atoms with Crippen molar-refractivity contribution in [3.8, 4) is 11.4 Å². The predicted octanol–water partition coefficient (Wildman–Crippen LogP) is 6.71. The summed E-state index contributed by atoms with van der Waals surface area (Å²) in [5, 5.41) is 20.1. The molecule has 1 atom stereocenters. The average molecular weight is 533 g/mol. The van der Waals surface area contributed by atoms with Gasteiger partial charge in [-0.25, -0.2) is 4.39 Å². The highest BCUT2D eigenvalue weighted by Crippen LogP contribution is 2.42. The number of benzene rings is 3. The maximum absolute atomic E-state index is 13.4. The fraction of sp³-hybridized carbons (Fsp3) is 0.167. The van der Waals surface area contributed by atoms with E-state index in [9.17, 15) is 14.5 Å². The molecule has 4 aromatic rings. The van der Waals surface area contributed by atoms with E-state index < -0.39 is 10.2 Å². The Morgan fingerprint density at radius 3 is 2.46 bits per heavy atom. The summed E-state index contributed by atoms with van der Waals surface area (Å²) in [6.07, 6.45) is 0. The molecule has 35 heavy (non-hydrogen) atoms. The highest BCUT2D eigenvalue weighted by molar-refractivity contribution is 7.99.